The zero-order chi connectivity index (χ0) is 13.1. The number of hydrogen-bond acceptors (Lipinski definition) is 4. The second kappa shape index (κ2) is 5.41. The largest absolute Gasteiger partial charge is 0.271 e. The summed E-state index contributed by atoms with van der Waals surface area (Å²) in [5, 5.41) is 0. The van der Waals surface area contributed by atoms with E-state index in [0.29, 0.717) is 0 Å². The molecule has 1 aromatic heterocycles. The highest BCUT2D eigenvalue weighted by Crippen LogP contribution is 2.47. The number of benzene rings is 1. The van der Waals surface area contributed by atoms with E-state index in [1.165, 1.54) is 29.7 Å². The van der Waals surface area contributed by atoms with Crippen LogP contribution in [-0.4, -0.2) is 11.0 Å². The third-order valence-corrected chi connectivity index (χ3v) is 5.15. The summed E-state index contributed by atoms with van der Waals surface area (Å²) < 4.78 is 0. The van der Waals surface area contributed by atoms with Gasteiger partial charge in [0.05, 0.1) is 5.51 Å². The molecule has 1 atom stereocenters. The molecule has 0 radical (unpaired) electrons. The molecule has 0 bridgehead atoms. The second-order valence-electron chi connectivity index (χ2n) is 5.27. The maximum absolute atomic E-state index is 5.86. The molecule has 2 aromatic rings. The number of hydrazine groups is 1. The van der Waals surface area contributed by atoms with E-state index in [0.717, 1.165) is 6.42 Å². The molecule has 1 aliphatic carbocycles. The third-order valence-electron chi connectivity index (χ3n) is 4.35. The van der Waals surface area contributed by atoms with Crippen LogP contribution in [-0.2, 0) is 11.8 Å². The molecule has 0 saturated heterocycles. The Bertz CT molecular complexity index is 505. The van der Waals surface area contributed by atoms with Crippen molar-refractivity contribution in [3.05, 3.63) is 52.5 Å². The van der Waals surface area contributed by atoms with Gasteiger partial charge in [0, 0.05) is 29.0 Å². The van der Waals surface area contributed by atoms with Crippen molar-refractivity contribution in [2.24, 2.45) is 5.84 Å². The van der Waals surface area contributed by atoms with E-state index in [1.54, 1.807) is 11.3 Å². The van der Waals surface area contributed by atoms with Crippen LogP contribution in [0.4, 0.5) is 0 Å². The van der Waals surface area contributed by atoms with Crippen LogP contribution in [0.5, 0.6) is 0 Å². The van der Waals surface area contributed by atoms with Crippen LogP contribution >= 0.6 is 11.3 Å². The van der Waals surface area contributed by atoms with Gasteiger partial charge in [-0.05, 0) is 18.4 Å². The van der Waals surface area contributed by atoms with Gasteiger partial charge in [0.15, 0.2) is 0 Å². The summed E-state index contributed by atoms with van der Waals surface area (Å²) in [7, 11) is 0. The Labute approximate surface area is 117 Å². The number of nitrogens with two attached hydrogens (primary N) is 1. The Balaban J connectivity index is 1.87. The number of hydrogen-bond donors (Lipinski definition) is 2. The number of rotatable bonds is 5. The molecule has 0 aliphatic heterocycles. The lowest BCUT2D eigenvalue weighted by Gasteiger charge is -2.48. The molecule has 1 aromatic carbocycles. The van der Waals surface area contributed by atoms with Crippen molar-refractivity contribution in [1.82, 2.24) is 10.4 Å². The Kier molecular flexibility index (Phi) is 3.64. The van der Waals surface area contributed by atoms with Crippen LogP contribution < -0.4 is 11.3 Å². The molecule has 1 aliphatic rings. The highest BCUT2D eigenvalue weighted by Gasteiger charge is 2.45. The molecule has 1 heterocycles. The third kappa shape index (κ3) is 2.31. The monoisotopic (exact) mass is 273 g/mol. The lowest BCUT2D eigenvalue weighted by Crippen LogP contribution is -2.56. The summed E-state index contributed by atoms with van der Waals surface area (Å²) in [5.74, 6) is 5.86. The standard InChI is InChI=1S/C15H19N3S/c16-18-14(9-13-10-17-11-19-13)15(7-4-8-15)12-5-2-1-3-6-12/h1-3,5-6,10-11,14,18H,4,7-9,16H2. The topological polar surface area (TPSA) is 50.9 Å². The number of aromatic nitrogens is 1. The molecular weight excluding hydrogens is 254 g/mol. The van der Waals surface area contributed by atoms with E-state index in [9.17, 15) is 0 Å². The summed E-state index contributed by atoms with van der Waals surface area (Å²) in [4.78, 5) is 5.45. The summed E-state index contributed by atoms with van der Waals surface area (Å²) in [6.07, 6.45) is 6.62. The molecule has 19 heavy (non-hydrogen) atoms. The van der Waals surface area contributed by atoms with Crippen LogP contribution in [0, 0.1) is 0 Å². The molecule has 3 rings (SSSR count). The molecule has 4 heteroatoms. The highest BCUT2D eigenvalue weighted by molar-refractivity contribution is 7.09. The SMILES string of the molecule is NNC(Cc1cncs1)C1(c2ccccc2)CCC1. The Morgan fingerprint density at radius 3 is 2.63 bits per heavy atom. The zero-order valence-corrected chi connectivity index (χ0v) is 11.7. The molecule has 100 valence electrons. The van der Waals surface area contributed by atoms with E-state index in [-0.39, 0.29) is 11.5 Å². The molecule has 3 N–H and O–H groups in total. The van der Waals surface area contributed by atoms with Crippen LogP contribution in [0.25, 0.3) is 0 Å². The maximum Gasteiger partial charge on any atom is 0.0794 e. The van der Waals surface area contributed by atoms with Crippen molar-refractivity contribution in [3.8, 4) is 0 Å². The number of thiazole rings is 1. The van der Waals surface area contributed by atoms with Crippen molar-refractivity contribution in [2.45, 2.75) is 37.1 Å². The first-order valence-electron chi connectivity index (χ1n) is 6.74. The predicted octanol–water partition coefficient (Wildman–Crippen LogP) is 2.64. The Hall–Kier alpha value is -1.23. The van der Waals surface area contributed by atoms with Gasteiger partial charge in [0.2, 0.25) is 0 Å². The van der Waals surface area contributed by atoms with E-state index in [2.05, 4.69) is 40.7 Å². The quantitative estimate of drug-likeness (QED) is 0.650. The van der Waals surface area contributed by atoms with E-state index >= 15 is 0 Å². The first-order chi connectivity index (χ1) is 9.35. The van der Waals surface area contributed by atoms with Gasteiger partial charge in [0.25, 0.3) is 0 Å². The van der Waals surface area contributed by atoms with Crippen molar-refractivity contribution in [2.75, 3.05) is 0 Å². The molecule has 1 unspecified atom stereocenters. The second-order valence-corrected chi connectivity index (χ2v) is 6.24. The van der Waals surface area contributed by atoms with Crippen molar-refractivity contribution in [1.29, 1.82) is 0 Å². The summed E-state index contributed by atoms with van der Waals surface area (Å²) in [5.41, 5.74) is 6.55. The minimum Gasteiger partial charge on any atom is -0.271 e. The number of nitrogens with zero attached hydrogens (tertiary/aromatic N) is 1. The Morgan fingerprint density at radius 2 is 2.11 bits per heavy atom. The lowest BCUT2D eigenvalue weighted by molar-refractivity contribution is 0.169. The van der Waals surface area contributed by atoms with Gasteiger partial charge in [-0.15, -0.1) is 11.3 Å². The molecular formula is C15H19N3S. The van der Waals surface area contributed by atoms with Gasteiger partial charge in [-0.25, -0.2) is 0 Å². The van der Waals surface area contributed by atoms with Gasteiger partial charge in [-0.2, -0.15) is 0 Å². The number of nitrogens with one attached hydrogen (secondary N) is 1. The van der Waals surface area contributed by atoms with Crippen molar-refractivity contribution >= 4 is 11.3 Å². The molecule has 3 nitrogen and oxygen atoms in total. The molecule has 0 spiro atoms. The van der Waals surface area contributed by atoms with Gasteiger partial charge in [0.1, 0.15) is 0 Å². The fourth-order valence-corrected chi connectivity index (χ4v) is 3.77. The van der Waals surface area contributed by atoms with Crippen molar-refractivity contribution < 1.29 is 0 Å². The first-order valence-corrected chi connectivity index (χ1v) is 7.62. The average Bonchev–Trinajstić information content (AvgIpc) is 2.90. The first kappa shape index (κ1) is 12.8. The van der Waals surface area contributed by atoms with E-state index in [1.807, 2.05) is 11.7 Å². The minimum absolute atomic E-state index is 0.194. The normalized spacial score (nSPS) is 18.8. The Morgan fingerprint density at radius 1 is 1.32 bits per heavy atom. The van der Waals surface area contributed by atoms with Gasteiger partial charge < -0.3 is 0 Å². The van der Waals surface area contributed by atoms with Crippen LogP contribution in [0.15, 0.2) is 42.0 Å². The van der Waals surface area contributed by atoms with Gasteiger partial charge in [-0.3, -0.25) is 16.3 Å². The van der Waals surface area contributed by atoms with E-state index < -0.39 is 0 Å². The lowest BCUT2D eigenvalue weighted by atomic mass is 9.59. The molecule has 0 amide bonds. The molecule has 1 saturated carbocycles. The smallest absolute Gasteiger partial charge is 0.0794 e. The van der Waals surface area contributed by atoms with E-state index in [4.69, 9.17) is 5.84 Å². The summed E-state index contributed by atoms with van der Waals surface area (Å²) >= 11 is 1.71. The van der Waals surface area contributed by atoms with Crippen molar-refractivity contribution in [3.63, 3.8) is 0 Å². The van der Waals surface area contributed by atoms with Crippen LogP contribution in [0.3, 0.4) is 0 Å². The maximum atomic E-state index is 5.86. The zero-order valence-electron chi connectivity index (χ0n) is 10.9. The minimum atomic E-state index is 0.194. The highest BCUT2D eigenvalue weighted by atomic mass is 32.1. The fourth-order valence-electron chi connectivity index (χ4n) is 3.12. The van der Waals surface area contributed by atoms with Crippen LogP contribution in [0.1, 0.15) is 29.7 Å². The average molecular weight is 273 g/mol. The predicted molar refractivity (Wildman–Crippen MR) is 78.9 cm³/mol. The fraction of sp³-hybridized carbons (Fsp3) is 0.400. The molecule has 1 fully saturated rings. The summed E-state index contributed by atoms with van der Waals surface area (Å²) in [6.45, 7) is 0. The summed E-state index contributed by atoms with van der Waals surface area (Å²) in [6, 6.07) is 11.1. The van der Waals surface area contributed by atoms with Crippen LogP contribution in [0.2, 0.25) is 0 Å². The van der Waals surface area contributed by atoms with Gasteiger partial charge in [-0.1, -0.05) is 36.8 Å². The van der Waals surface area contributed by atoms with Gasteiger partial charge >= 0.3 is 0 Å².